The Morgan fingerprint density at radius 2 is 1.45 bits per heavy atom. The molecule has 1 saturated heterocycles. The molecule has 0 aromatic heterocycles. The van der Waals surface area contributed by atoms with Gasteiger partial charge in [-0.05, 0) is 25.7 Å². The standard InChI is InChI=1S/C9H13NO/c11-7-8(1-2-8)5-10-6-9(7)3-4-9/h10H,1-6H2. The molecule has 1 aliphatic heterocycles. The summed E-state index contributed by atoms with van der Waals surface area (Å²) in [6.07, 6.45) is 4.61. The summed E-state index contributed by atoms with van der Waals surface area (Å²) < 4.78 is 0. The number of hydrogen-bond acceptors (Lipinski definition) is 2. The van der Waals surface area contributed by atoms with Gasteiger partial charge in [0.25, 0.3) is 0 Å². The van der Waals surface area contributed by atoms with Gasteiger partial charge in [0.1, 0.15) is 5.78 Å². The molecule has 2 aliphatic carbocycles. The Morgan fingerprint density at radius 1 is 1.00 bits per heavy atom. The van der Waals surface area contributed by atoms with Crippen molar-refractivity contribution >= 4 is 5.78 Å². The van der Waals surface area contributed by atoms with Gasteiger partial charge in [-0.1, -0.05) is 0 Å². The zero-order valence-electron chi connectivity index (χ0n) is 6.65. The highest BCUT2D eigenvalue weighted by molar-refractivity contribution is 5.95. The molecular weight excluding hydrogens is 138 g/mol. The molecule has 0 amide bonds. The molecule has 0 unspecified atom stereocenters. The highest BCUT2D eigenvalue weighted by atomic mass is 16.1. The fourth-order valence-electron chi connectivity index (χ4n) is 2.37. The SMILES string of the molecule is O=C1C2(CC2)CNCC12CC2. The smallest absolute Gasteiger partial charge is 0.147 e. The van der Waals surface area contributed by atoms with Gasteiger partial charge >= 0.3 is 0 Å². The maximum Gasteiger partial charge on any atom is 0.147 e. The van der Waals surface area contributed by atoms with Gasteiger partial charge < -0.3 is 5.32 Å². The summed E-state index contributed by atoms with van der Waals surface area (Å²) in [4.78, 5) is 11.9. The number of piperidine rings is 1. The van der Waals surface area contributed by atoms with E-state index in [0.29, 0.717) is 5.78 Å². The van der Waals surface area contributed by atoms with Gasteiger partial charge in [-0.2, -0.15) is 0 Å². The van der Waals surface area contributed by atoms with E-state index in [1.807, 2.05) is 0 Å². The minimum absolute atomic E-state index is 0.134. The number of ketones is 1. The number of Topliss-reactive ketones (excluding diaryl/α,β-unsaturated/α-hetero) is 1. The van der Waals surface area contributed by atoms with Crippen molar-refractivity contribution in [3.05, 3.63) is 0 Å². The molecule has 1 N–H and O–H groups in total. The van der Waals surface area contributed by atoms with E-state index in [2.05, 4.69) is 5.32 Å². The fraction of sp³-hybridized carbons (Fsp3) is 0.889. The molecule has 0 radical (unpaired) electrons. The average Bonchev–Trinajstić information content (AvgIpc) is 2.82. The van der Waals surface area contributed by atoms with Crippen molar-refractivity contribution in [2.45, 2.75) is 25.7 Å². The zero-order valence-corrected chi connectivity index (χ0v) is 6.65. The minimum Gasteiger partial charge on any atom is -0.315 e. The lowest BCUT2D eigenvalue weighted by Gasteiger charge is -2.28. The van der Waals surface area contributed by atoms with E-state index < -0.39 is 0 Å². The van der Waals surface area contributed by atoms with Crippen LogP contribution in [0, 0.1) is 10.8 Å². The van der Waals surface area contributed by atoms with Crippen LogP contribution < -0.4 is 5.32 Å². The van der Waals surface area contributed by atoms with E-state index in [1.54, 1.807) is 0 Å². The first-order valence-electron chi connectivity index (χ1n) is 4.53. The number of rotatable bonds is 0. The van der Waals surface area contributed by atoms with Gasteiger partial charge in [0.05, 0.1) is 0 Å². The largest absolute Gasteiger partial charge is 0.315 e. The summed E-state index contributed by atoms with van der Waals surface area (Å²) in [5.74, 6) is 0.601. The molecule has 2 nitrogen and oxygen atoms in total. The fourth-order valence-corrected chi connectivity index (χ4v) is 2.37. The van der Waals surface area contributed by atoms with Crippen molar-refractivity contribution in [1.82, 2.24) is 5.32 Å². The molecule has 2 spiro atoms. The third-order valence-electron chi connectivity index (χ3n) is 3.60. The van der Waals surface area contributed by atoms with Gasteiger partial charge in [-0.15, -0.1) is 0 Å². The minimum atomic E-state index is 0.134. The zero-order chi connectivity index (χ0) is 7.53. The summed E-state index contributed by atoms with van der Waals surface area (Å²) in [6, 6.07) is 0. The first kappa shape index (κ1) is 6.18. The summed E-state index contributed by atoms with van der Waals surface area (Å²) in [6.45, 7) is 1.93. The van der Waals surface area contributed by atoms with Crippen LogP contribution in [-0.4, -0.2) is 18.9 Å². The molecule has 0 aromatic carbocycles. The summed E-state index contributed by atoms with van der Waals surface area (Å²) >= 11 is 0. The number of carbonyl (C=O) groups is 1. The normalized spacial score (nSPS) is 36.2. The van der Waals surface area contributed by atoms with E-state index in [1.165, 1.54) is 0 Å². The highest BCUT2D eigenvalue weighted by Gasteiger charge is 2.63. The average molecular weight is 151 g/mol. The lowest BCUT2D eigenvalue weighted by Crippen LogP contribution is -2.46. The maximum atomic E-state index is 11.9. The molecule has 2 heteroatoms. The Morgan fingerprint density at radius 3 is 1.82 bits per heavy atom. The third-order valence-corrected chi connectivity index (χ3v) is 3.60. The predicted molar refractivity (Wildman–Crippen MR) is 41.2 cm³/mol. The van der Waals surface area contributed by atoms with Crippen molar-refractivity contribution in [1.29, 1.82) is 0 Å². The summed E-state index contributed by atoms with van der Waals surface area (Å²) in [5, 5.41) is 3.40. The van der Waals surface area contributed by atoms with Crippen LogP contribution in [0.1, 0.15) is 25.7 Å². The molecular formula is C9H13NO. The van der Waals surface area contributed by atoms with Gasteiger partial charge in [-0.3, -0.25) is 4.79 Å². The van der Waals surface area contributed by atoms with E-state index in [9.17, 15) is 4.79 Å². The van der Waals surface area contributed by atoms with Crippen LogP contribution in [0.3, 0.4) is 0 Å². The Labute approximate surface area is 66.4 Å². The lowest BCUT2D eigenvalue weighted by molar-refractivity contribution is -0.131. The number of nitrogens with one attached hydrogen (secondary N) is 1. The Bertz CT molecular complexity index is 204. The van der Waals surface area contributed by atoms with Gasteiger partial charge in [0, 0.05) is 23.9 Å². The van der Waals surface area contributed by atoms with Crippen LogP contribution in [-0.2, 0) is 4.79 Å². The Kier molecular flexibility index (Phi) is 0.861. The van der Waals surface area contributed by atoms with Crippen molar-refractivity contribution in [2.24, 2.45) is 10.8 Å². The summed E-state index contributed by atoms with van der Waals surface area (Å²) in [7, 11) is 0. The molecule has 60 valence electrons. The second-order valence-corrected chi connectivity index (χ2v) is 4.49. The topological polar surface area (TPSA) is 29.1 Å². The van der Waals surface area contributed by atoms with Crippen LogP contribution >= 0.6 is 0 Å². The monoisotopic (exact) mass is 151 g/mol. The molecule has 3 aliphatic rings. The summed E-state index contributed by atoms with van der Waals surface area (Å²) in [5.41, 5.74) is 0.267. The van der Waals surface area contributed by atoms with E-state index in [4.69, 9.17) is 0 Å². The first-order valence-corrected chi connectivity index (χ1v) is 4.53. The second-order valence-electron chi connectivity index (χ2n) is 4.49. The van der Waals surface area contributed by atoms with Crippen molar-refractivity contribution in [2.75, 3.05) is 13.1 Å². The molecule has 11 heavy (non-hydrogen) atoms. The predicted octanol–water partition coefficient (Wildman–Crippen LogP) is 0.719. The van der Waals surface area contributed by atoms with Gasteiger partial charge in [0.15, 0.2) is 0 Å². The number of hydrogen-bond donors (Lipinski definition) is 1. The second kappa shape index (κ2) is 1.53. The Balaban J connectivity index is 1.94. The van der Waals surface area contributed by atoms with Crippen LogP contribution in [0.4, 0.5) is 0 Å². The molecule has 3 rings (SSSR count). The molecule has 3 fully saturated rings. The number of carbonyl (C=O) groups excluding carboxylic acids is 1. The lowest BCUT2D eigenvalue weighted by atomic mass is 9.84. The van der Waals surface area contributed by atoms with Crippen molar-refractivity contribution in [3.8, 4) is 0 Å². The van der Waals surface area contributed by atoms with Crippen molar-refractivity contribution < 1.29 is 4.79 Å². The van der Waals surface area contributed by atoms with Crippen LogP contribution in [0.15, 0.2) is 0 Å². The molecule has 0 bridgehead atoms. The molecule has 0 aromatic rings. The quantitative estimate of drug-likeness (QED) is 0.552. The molecule has 2 saturated carbocycles. The first-order chi connectivity index (χ1) is 5.28. The van der Waals surface area contributed by atoms with Crippen LogP contribution in [0.25, 0.3) is 0 Å². The maximum absolute atomic E-state index is 11.9. The van der Waals surface area contributed by atoms with Gasteiger partial charge in [0.2, 0.25) is 0 Å². The third kappa shape index (κ3) is 0.639. The van der Waals surface area contributed by atoms with E-state index in [0.717, 1.165) is 38.8 Å². The Hall–Kier alpha value is -0.370. The highest BCUT2D eigenvalue weighted by Crippen LogP contribution is 2.59. The van der Waals surface area contributed by atoms with E-state index >= 15 is 0 Å². The van der Waals surface area contributed by atoms with Crippen molar-refractivity contribution in [3.63, 3.8) is 0 Å². The van der Waals surface area contributed by atoms with Crippen LogP contribution in [0.5, 0.6) is 0 Å². The molecule has 0 atom stereocenters. The molecule has 1 heterocycles. The van der Waals surface area contributed by atoms with Crippen LogP contribution in [0.2, 0.25) is 0 Å². The van der Waals surface area contributed by atoms with Gasteiger partial charge in [-0.25, -0.2) is 0 Å². The van der Waals surface area contributed by atoms with E-state index in [-0.39, 0.29) is 10.8 Å².